The maximum Gasteiger partial charge on any atom is 0.424 e. The highest BCUT2D eigenvalue weighted by atomic mass is 35.5. The van der Waals surface area contributed by atoms with Gasteiger partial charge in [0.05, 0.1) is 36.0 Å². The number of carbonyl (C=O) groups is 2. The summed E-state index contributed by atoms with van der Waals surface area (Å²) in [6.07, 6.45) is -1.71. The molecule has 0 spiro atoms. The van der Waals surface area contributed by atoms with Gasteiger partial charge in [-0.05, 0) is 50.1 Å². The minimum atomic E-state index is -5.36. The third-order valence-corrected chi connectivity index (χ3v) is 8.68. The maximum absolute atomic E-state index is 14.8. The molecule has 0 unspecified atom stereocenters. The molecule has 2 aromatic carbocycles. The van der Waals surface area contributed by atoms with E-state index >= 15 is 0 Å². The van der Waals surface area contributed by atoms with Crippen LogP contribution >= 0.6 is 11.6 Å². The number of hydrogen-bond acceptors (Lipinski definition) is 8. The average Bonchev–Trinajstić information content (AvgIpc) is 3.69. The standard InChI is InChI=1S/C31H26ClF3N6O5/c1-29(28(37)43)14-46-26-20(29)10-23(39-25(26)15-3-4-16(11-36)21(32)8-15)30(44,31(33,34)35)13-38-27(42)17-7-18-12-41(19-5-6-19)40-24(18)22(9-17)45-2/h3-4,7-10,12,19,44H,5-6,13-14H2,1-2H3,(H2,37,43)(H,38,42)/t29-,30-/m0/s1. The van der Waals surface area contributed by atoms with Crippen molar-refractivity contribution < 1.29 is 37.3 Å². The Morgan fingerprint density at radius 1 is 1.28 bits per heavy atom. The van der Waals surface area contributed by atoms with Crippen molar-refractivity contribution in [3.63, 3.8) is 0 Å². The zero-order valence-corrected chi connectivity index (χ0v) is 25.2. The van der Waals surface area contributed by atoms with Crippen molar-refractivity contribution in [3.05, 3.63) is 70.0 Å². The zero-order chi connectivity index (χ0) is 33.2. The number of fused-ring (bicyclic) bond motifs is 2. The molecule has 1 saturated carbocycles. The van der Waals surface area contributed by atoms with E-state index in [1.807, 2.05) is 6.07 Å². The lowest BCUT2D eigenvalue weighted by Gasteiger charge is -2.31. The van der Waals surface area contributed by atoms with Gasteiger partial charge in [-0.1, -0.05) is 17.7 Å². The van der Waals surface area contributed by atoms with E-state index in [2.05, 4.69) is 15.4 Å². The van der Waals surface area contributed by atoms with Crippen molar-refractivity contribution >= 4 is 34.3 Å². The number of primary amides is 1. The minimum absolute atomic E-state index is 0.00923. The number of nitrogens with one attached hydrogen (secondary N) is 1. The zero-order valence-electron chi connectivity index (χ0n) is 24.4. The molecule has 2 amide bonds. The van der Waals surface area contributed by atoms with E-state index in [-0.39, 0.29) is 57.1 Å². The lowest BCUT2D eigenvalue weighted by Crippen LogP contribution is -2.51. The topological polar surface area (TPSA) is 165 Å². The Hall–Kier alpha value is -4.87. The summed E-state index contributed by atoms with van der Waals surface area (Å²) in [6.45, 7) is -0.253. The largest absolute Gasteiger partial charge is 0.494 e. The van der Waals surface area contributed by atoms with Gasteiger partial charge < -0.3 is 25.6 Å². The van der Waals surface area contributed by atoms with Crippen LogP contribution in [0.15, 0.2) is 42.6 Å². The summed E-state index contributed by atoms with van der Waals surface area (Å²) in [7, 11) is 1.39. The average molecular weight is 655 g/mol. The van der Waals surface area contributed by atoms with E-state index in [4.69, 9.17) is 26.8 Å². The Bertz CT molecular complexity index is 1970. The van der Waals surface area contributed by atoms with Crippen molar-refractivity contribution in [2.75, 3.05) is 20.3 Å². The smallest absolute Gasteiger partial charge is 0.424 e. The van der Waals surface area contributed by atoms with Crippen LogP contribution in [-0.2, 0) is 15.8 Å². The number of carbonyl (C=O) groups excluding carboxylic acids is 2. The van der Waals surface area contributed by atoms with E-state index < -0.39 is 41.2 Å². The maximum atomic E-state index is 14.8. The number of aliphatic hydroxyl groups is 1. The second-order valence-electron chi connectivity index (χ2n) is 11.5. The predicted molar refractivity (Wildman–Crippen MR) is 158 cm³/mol. The van der Waals surface area contributed by atoms with Crippen molar-refractivity contribution in [3.8, 4) is 28.8 Å². The van der Waals surface area contributed by atoms with E-state index in [9.17, 15) is 33.1 Å². The lowest BCUT2D eigenvalue weighted by atomic mass is 9.81. The van der Waals surface area contributed by atoms with Gasteiger partial charge in [0, 0.05) is 28.3 Å². The molecule has 0 bridgehead atoms. The van der Waals surface area contributed by atoms with Gasteiger partial charge in [-0.3, -0.25) is 14.3 Å². The van der Waals surface area contributed by atoms with Crippen LogP contribution in [0, 0.1) is 11.3 Å². The molecule has 1 aliphatic heterocycles. The van der Waals surface area contributed by atoms with Crippen molar-refractivity contribution in [1.29, 1.82) is 5.26 Å². The molecule has 0 radical (unpaired) electrons. The van der Waals surface area contributed by atoms with Crippen LogP contribution < -0.4 is 20.5 Å². The fraction of sp³-hybridized carbons (Fsp3) is 0.323. The van der Waals surface area contributed by atoms with E-state index in [0.29, 0.717) is 10.9 Å². The molecular weight excluding hydrogens is 629 g/mol. The first-order chi connectivity index (χ1) is 21.7. The Balaban J connectivity index is 1.41. The number of nitriles is 1. The van der Waals surface area contributed by atoms with Gasteiger partial charge in [-0.2, -0.15) is 23.5 Å². The van der Waals surface area contributed by atoms with Gasteiger partial charge in [0.25, 0.3) is 5.91 Å². The fourth-order valence-corrected chi connectivity index (χ4v) is 5.55. The Kier molecular flexibility index (Phi) is 7.37. The number of pyridine rings is 1. The van der Waals surface area contributed by atoms with E-state index in [1.165, 1.54) is 44.4 Å². The van der Waals surface area contributed by atoms with Gasteiger partial charge in [0.15, 0.2) is 0 Å². The highest BCUT2D eigenvalue weighted by molar-refractivity contribution is 6.32. The van der Waals surface area contributed by atoms with Crippen molar-refractivity contribution in [1.82, 2.24) is 20.1 Å². The molecule has 238 valence electrons. The summed E-state index contributed by atoms with van der Waals surface area (Å²) < 4.78 is 57.3. The number of nitrogens with two attached hydrogens (primary N) is 1. The second-order valence-corrected chi connectivity index (χ2v) is 11.9. The Morgan fingerprint density at radius 2 is 2.02 bits per heavy atom. The van der Waals surface area contributed by atoms with Gasteiger partial charge in [-0.25, -0.2) is 4.98 Å². The van der Waals surface area contributed by atoms with Crippen molar-refractivity contribution in [2.45, 2.75) is 43.0 Å². The Labute approximate surface area is 264 Å². The van der Waals surface area contributed by atoms with Gasteiger partial charge >= 0.3 is 6.18 Å². The number of nitrogens with zero attached hydrogens (tertiary/aromatic N) is 4. The third-order valence-electron chi connectivity index (χ3n) is 8.37. The number of rotatable bonds is 8. The number of benzene rings is 2. The molecule has 2 aliphatic rings. The molecule has 46 heavy (non-hydrogen) atoms. The predicted octanol–water partition coefficient (Wildman–Crippen LogP) is 4.28. The first kappa shape index (κ1) is 31.1. The fourth-order valence-electron chi connectivity index (χ4n) is 5.33. The van der Waals surface area contributed by atoms with Gasteiger partial charge in [-0.15, -0.1) is 0 Å². The number of aromatic nitrogens is 3. The Morgan fingerprint density at radius 3 is 2.63 bits per heavy atom. The van der Waals surface area contributed by atoms with Crippen LogP contribution in [-0.4, -0.2) is 58.1 Å². The summed E-state index contributed by atoms with van der Waals surface area (Å²) in [5.41, 5.74) is -0.105. The highest BCUT2D eigenvalue weighted by Crippen LogP contribution is 2.48. The summed E-state index contributed by atoms with van der Waals surface area (Å²) in [5, 5.41) is 27.8. The number of hydrogen-bond donors (Lipinski definition) is 3. The summed E-state index contributed by atoms with van der Waals surface area (Å²) in [4.78, 5) is 29.9. The van der Waals surface area contributed by atoms with E-state index in [0.717, 1.165) is 18.9 Å². The number of amides is 2. The summed E-state index contributed by atoms with van der Waals surface area (Å²) in [5.74, 6) is -1.59. The molecule has 2 atom stereocenters. The van der Waals surface area contributed by atoms with Gasteiger partial charge in [0.1, 0.15) is 40.8 Å². The third kappa shape index (κ3) is 5.05. The monoisotopic (exact) mass is 654 g/mol. The molecule has 1 fully saturated rings. The SMILES string of the molecule is COc1cc(C(=O)NC[C@](O)(c2cc3c(c(-c4ccc(C#N)c(Cl)c4)n2)OC[C@]3(C)C(N)=O)C(F)(F)F)cc2cn(C3CC3)nc12. The highest BCUT2D eigenvalue weighted by Gasteiger charge is 2.57. The molecule has 0 saturated heterocycles. The number of alkyl halides is 3. The number of halogens is 4. The van der Waals surface area contributed by atoms with Crippen LogP contribution in [0.4, 0.5) is 13.2 Å². The first-order valence-corrected chi connectivity index (χ1v) is 14.4. The number of methoxy groups -OCH3 is 1. The van der Waals surface area contributed by atoms with Crippen LogP contribution in [0.2, 0.25) is 5.02 Å². The summed E-state index contributed by atoms with van der Waals surface area (Å²) in [6, 6.07) is 9.90. The van der Waals surface area contributed by atoms with Crippen molar-refractivity contribution in [2.24, 2.45) is 5.73 Å². The molecule has 2 aromatic heterocycles. The molecule has 6 rings (SSSR count). The van der Waals surface area contributed by atoms with Gasteiger partial charge in [0.2, 0.25) is 11.5 Å². The molecule has 4 N–H and O–H groups in total. The normalized spacial score (nSPS) is 18.7. The quantitative estimate of drug-likeness (QED) is 0.253. The molecule has 4 aromatic rings. The van der Waals surface area contributed by atoms with E-state index in [1.54, 1.807) is 10.9 Å². The van der Waals surface area contributed by atoms with Crippen LogP contribution in [0.5, 0.6) is 11.5 Å². The lowest BCUT2D eigenvalue weighted by molar-refractivity contribution is -0.265. The second kappa shape index (κ2) is 10.9. The molecule has 11 nitrogen and oxygen atoms in total. The van der Waals surface area contributed by atoms with Crippen LogP contribution in [0.25, 0.3) is 22.2 Å². The molecular formula is C31H26ClF3N6O5. The minimum Gasteiger partial charge on any atom is -0.494 e. The molecule has 15 heteroatoms. The van der Waals surface area contributed by atoms with Crippen LogP contribution in [0.3, 0.4) is 0 Å². The molecule has 1 aliphatic carbocycles. The number of ether oxygens (including phenoxy) is 2. The summed E-state index contributed by atoms with van der Waals surface area (Å²) >= 11 is 6.20. The van der Waals surface area contributed by atoms with Crippen LogP contribution in [0.1, 0.15) is 53.0 Å². The molecule has 3 heterocycles. The first-order valence-electron chi connectivity index (χ1n) is 14.0.